The Balaban J connectivity index is 0.000000148. The van der Waals surface area contributed by atoms with Crippen molar-refractivity contribution >= 4 is 28.5 Å². The van der Waals surface area contributed by atoms with E-state index in [4.69, 9.17) is 9.31 Å². The van der Waals surface area contributed by atoms with E-state index in [1.54, 1.807) is 12.4 Å². The number of halogens is 1. The second-order valence-corrected chi connectivity index (χ2v) is 10.2. The number of nitrogens with zero attached hydrogens (tertiary/aromatic N) is 2. The lowest BCUT2D eigenvalue weighted by Crippen LogP contribution is -2.41. The molecule has 34 heavy (non-hydrogen) atoms. The summed E-state index contributed by atoms with van der Waals surface area (Å²) in [6.45, 7) is 12.3. The van der Waals surface area contributed by atoms with Gasteiger partial charge in [0.1, 0.15) is 0 Å². The second kappa shape index (κ2) is 11.2. The van der Waals surface area contributed by atoms with E-state index in [0.717, 1.165) is 15.5 Å². The highest BCUT2D eigenvalue weighted by atomic mass is 79.9. The monoisotopic (exact) mass is 522 g/mol. The van der Waals surface area contributed by atoms with Gasteiger partial charge in [0.2, 0.25) is 0 Å². The minimum Gasteiger partial charge on any atom is -0.399 e. The lowest BCUT2D eigenvalue weighted by molar-refractivity contribution is 0.00578. The molecule has 178 valence electrons. The molecule has 1 aliphatic heterocycles. The van der Waals surface area contributed by atoms with Gasteiger partial charge >= 0.3 is 7.12 Å². The van der Waals surface area contributed by atoms with Gasteiger partial charge in [0.05, 0.1) is 17.4 Å². The van der Waals surface area contributed by atoms with Gasteiger partial charge in [0, 0.05) is 34.1 Å². The molecule has 0 atom stereocenters. The summed E-state index contributed by atoms with van der Waals surface area (Å²) in [7, 11) is -0.307. The molecule has 0 amide bonds. The summed E-state index contributed by atoms with van der Waals surface area (Å²) >= 11 is 3.35. The SMILES string of the molecule is CC1(C)OB(c2cn[nH]c2)OC1(C)C.Cc1ccc(-c2cn[nH]c2)cc1.Cc1ccc(Br)cc1. The number of hydrogen-bond donors (Lipinski definition) is 2. The zero-order valence-electron chi connectivity index (χ0n) is 20.6. The molecule has 0 bridgehead atoms. The van der Waals surface area contributed by atoms with Crippen molar-refractivity contribution in [2.24, 2.45) is 0 Å². The van der Waals surface area contributed by atoms with Crippen LogP contribution in [-0.4, -0.2) is 38.7 Å². The molecule has 0 saturated carbocycles. The fraction of sp³-hybridized carbons (Fsp3) is 0.308. The topological polar surface area (TPSA) is 75.8 Å². The van der Waals surface area contributed by atoms with Gasteiger partial charge in [-0.15, -0.1) is 0 Å². The van der Waals surface area contributed by atoms with Gasteiger partial charge in [-0.2, -0.15) is 10.2 Å². The zero-order chi connectivity index (χ0) is 24.8. The van der Waals surface area contributed by atoms with Crippen molar-refractivity contribution in [3.63, 3.8) is 0 Å². The molecule has 0 spiro atoms. The highest BCUT2D eigenvalue weighted by Gasteiger charge is 2.51. The molecule has 8 heteroatoms. The van der Waals surface area contributed by atoms with Crippen LogP contribution in [0.4, 0.5) is 0 Å². The molecule has 6 nitrogen and oxygen atoms in total. The van der Waals surface area contributed by atoms with Gasteiger partial charge in [0.15, 0.2) is 0 Å². The first-order chi connectivity index (χ1) is 16.1. The average Bonchev–Trinajstić information content (AvgIpc) is 3.54. The first-order valence-corrected chi connectivity index (χ1v) is 12.0. The zero-order valence-corrected chi connectivity index (χ0v) is 22.2. The van der Waals surface area contributed by atoms with E-state index < -0.39 is 0 Å². The fourth-order valence-electron chi connectivity index (χ4n) is 3.06. The second-order valence-electron chi connectivity index (χ2n) is 9.27. The number of aromatic nitrogens is 4. The Bertz CT molecular complexity index is 1090. The molecule has 3 heterocycles. The maximum Gasteiger partial charge on any atom is 0.498 e. The predicted octanol–water partition coefficient (Wildman–Crippen LogP) is 5.85. The molecule has 0 aliphatic carbocycles. The molecule has 4 aromatic rings. The Labute approximate surface area is 210 Å². The van der Waals surface area contributed by atoms with Crippen LogP contribution in [0.2, 0.25) is 0 Å². The Morgan fingerprint density at radius 2 is 1.21 bits per heavy atom. The van der Waals surface area contributed by atoms with E-state index >= 15 is 0 Å². The molecular weight excluding hydrogens is 491 g/mol. The third kappa shape index (κ3) is 6.92. The Morgan fingerprint density at radius 3 is 1.65 bits per heavy atom. The van der Waals surface area contributed by atoms with Crippen molar-refractivity contribution in [1.82, 2.24) is 20.4 Å². The molecule has 2 N–H and O–H groups in total. The summed E-state index contributed by atoms with van der Waals surface area (Å²) < 4.78 is 12.8. The van der Waals surface area contributed by atoms with Crippen LogP contribution in [0.3, 0.4) is 0 Å². The lowest BCUT2D eigenvalue weighted by Gasteiger charge is -2.32. The minimum atomic E-state index is -0.307. The van der Waals surface area contributed by atoms with Crippen molar-refractivity contribution in [1.29, 1.82) is 0 Å². The maximum atomic E-state index is 5.83. The van der Waals surface area contributed by atoms with Crippen LogP contribution in [0.1, 0.15) is 38.8 Å². The van der Waals surface area contributed by atoms with Gasteiger partial charge in [-0.3, -0.25) is 10.2 Å². The molecule has 0 unspecified atom stereocenters. The number of rotatable bonds is 2. The molecule has 1 aliphatic rings. The Kier molecular flexibility index (Phi) is 8.52. The number of hydrogen-bond acceptors (Lipinski definition) is 4. The third-order valence-electron chi connectivity index (χ3n) is 5.94. The lowest BCUT2D eigenvalue weighted by atomic mass is 9.82. The van der Waals surface area contributed by atoms with Crippen LogP contribution in [0.5, 0.6) is 0 Å². The van der Waals surface area contributed by atoms with Crippen molar-refractivity contribution in [3.05, 3.63) is 88.9 Å². The smallest absolute Gasteiger partial charge is 0.399 e. The van der Waals surface area contributed by atoms with Crippen molar-refractivity contribution < 1.29 is 9.31 Å². The van der Waals surface area contributed by atoms with E-state index in [1.165, 1.54) is 16.7 Å². The highest BCUT2D eigenvalue weighted by Crippen LogP contribution is 2.36. The van der Waals surface area contributed by atoms with Gasteiger partial charge < -0.3 is 9.31 Å². The molecule has 1 saturated heterocycles. The van der Waals surface area contributed by atoms with Crippen molar-refractivity contribution in [2.75, 3.05) is 0 Å². The predicted molar refractivity (Wildman–Crippen MR) is 142 cm³/mol. The molecule has 2 aromatic heterocycles. The average molecular weight is 523 g/mol. The summed E-state index contributed by atoms with van der Waals surface area (Å²) in [6.07, 6.45) is 7.24. The van der Waals surface area contributed by atoms with Crippen LogP contribution >= 0.6 is 15.9 Å². The summed E-state index contributed by atoms with van der Waals surface area (Å²) in [5.41, 5.74) is 5.28. The Morgan fingerprint density at radius 1 is 0.706 bits per heavy atom. The van der Waals surface area contributed by atoms with Crippen molar-refractivity contribution in [3.8, 4) is 11.1 Å². The first-order valence-electron chi connectivity index (χ1n) is 11.2. The molecule has 5 rings (SSSR count). The normalized spacial score (nSPS) is 15.7. The van der Waals surface area contributed by atoms with Gasteiger partial charge in [0.25, 0.3) is 0 Å². The quantitative estimate of drug-likeness (QED) is 0.324. The third-order valence-corrected chi connectivity index (χ3v) is 6.47. The van der Waals surface area contributed by atoms with Gasteiger partial charge in [-0.1, -0.05) is 63.5 Å². The number of H-pyrrole nitrogens is 2. The molecule has 0 radical (unpaired) electrons. The van der Waals surface area contributed by atoms with Gasteiger partial charge in [-0.25, -0.2) is 0 Å². The summed E-state index contributed by atoms with van der Waals surface area (Å²) in [5.74, 6) is 0. The van der Waals surface area contributed by atoms with Crippen LogP contribution < -0.4 is 5.46 Å². The summed E-state index contributed by atoms with van der Waals surface area (Å²) in [5, 5.41) is 13.3. The van der Waals surface area contributed by atoms with Crippen LogP contribution in [-0.2, 0) is 9.31 Å². The number of aromatic amines is 2. The van der Waals surface area contributed by atoms with Crippen LogP contribution in [0.15, 0.2) is 77.8 Å². The number of nitrogens with one attached hydrogen (secondary N) is 2. The highest BCUT2D eigenvalue weighted by molar-refractivity contribution is 9.10. The maximum absolute atomic E-state index is 5.83. The van der Waals surface area contributed by atoms with Crippen molar-refractivity contribution in [2.45, 2.75) is 52.7 Å². The summed E-state index contributed by atoms with van der Waals surface area (Å²) in [6, 6.07) is 16.6. The number of aryl methyl sites for hydroxylation is 2. The summed E-state index contributed by atoms with van der Waals surface area (Å²) in [4.78, 5) is 0. The molecule has 2 aromatic carbocycles. The van der Waals surface area contributed by atoms with E-state index in [0.29, 0.717) is 0 Å². The fourth-order valence-corrected chi connectivity index (χ4v) is 3.32. The molecular formula is C26H32BBrN4O2. The van der Waals surface area contributed by atoms with Crippen LogP contribution in [0, 0.1) is 13.8 Å². The van der Waals surface area contributed by atoms with Gasteiger partial charge in [-0.05, 0) is 59.2 Å². The van der Waals surface area contributed by atoms with E-state index in [2.05, 4.69) is 86.6 Å². The van der Waals surface area contributed by atoms with Crippen LogP contribution in [0.25, 0.3) is 11.1 Å². The number of benzene rings is 2. The van der Waals surface area contributed by atoms with E-state index in [9.17, 15) is 0 Å². The van der Waals surface area contributed by atoms with E-state index in [-0.39, 0.29) is 18.3 Å². The standard InChI is InChI=1S/C10H10N2.C9H15BN2O2.C7H7Br/c1-8-2-4-9(5-3-8)10-6-11-12-7-10;1-8(2)9(3,4)14-10(13-8)7-5-11-12-6-7;1-6-2-4-7(8)5-3-6/h2-7H,1H3,(H,11,12);5-6H,1-4H3,(H,11,12);2-5H,1H3. The first kappa shape index (κ1) is 25.9. The molecule has 1 fully saturated rings. The Hall–Kier alpha value is -2.68. The largest absolute Gasteiger partial charge is 0.498 e. The minimum absolute atomic E-state index is 0.283. The van der Waals surface area contributed by atoms with E-state index in [1.807, 2.05) is 52.2 Å².